The monoisotopic (exact) mass is 477 g/mol. The lowest BCUT2D eigenvalue weighted by Gasteiger charge is -2.12. The first-order chi connectivity index (χ1) is 15.8. The first kappa shape index (κ1) is 23.0. The fourth-order valence-corrected chi connectivity index (χ4v) is 3.85. The second kappa shape index (κ2) is 9.73. The lowest BCUT2D eigenvalue weighted by atomic mass is 9.98. The van der Waals surface area contributed by atoms with Crippen molar-refractivity contribution in [1.82, 2.24) is 10.3 Å². The van der Waals surface area contributed by atoms with Crippen molar-refractivity contribution in [3.8, 4) is 11.5 Å². The third-order valence-corrected chi connectivity index (χ3v) is 6.10. The standard InChI is InChI=1S/C26H24ClN3O2S/c1-4-16(3)17-9-11-23-22(13-17)28-25(32-23)19-8-10-20(27)21(14-19)29-26(33)30-24(31)18-7-5-6-15(2)12-18/h5-14,16H,4H2,1-3H3,(H2,29,30,31,33)/t16-/m1/s1. The van der Waals surface area contributed by atoms with Gasteiger partial charge in [0.25, 0.3) is 5.91 Å². The Morgan fingerprint density at radius 1 is 1.15 bits per heavy atom. The van der Waals surface area contributed by atoms with Crippen molar-refractivity contribution in [2.45, 2.75) is 33.1 Å². The van der Waals surface area contributed by atoms with Crippen LogP contribution in [0.1, 0.15) is 47.7 Å². The van der Waals surface area contributed by atoms with Gasteiger partial charge in [0.05, 0.1) is 10.7 Å². The number of oxazole rings is 1. The molecule has 7 heteroatoms. The number of aromatic nitrogens is 1. The van der Waals surface area contributed by atoms with E-state index >= 15 is 0 Å². The van der Waals surface area contributed by atoms with Crippen LogP contribution >= 0.6 is 23.8 Å². The molecule has 0 bridgehead atoms. The second-order valence-electron chi connectivity index (χ2n) is 8.03. The van der Waals surface area contributed by atoms with E-state index in [0.29, 0.717) is 28.1 Å². The van der Waals surface area contributed by atoms with Crippen molar-refractivity contribution in [2.24, 2.45) is 0 Å². The normalized spacial score (nSPS) is 11.9. The SMILES string of the molecule is CC[C@@H](C)c1ccc2oc(-c3ccc(Cl)c(NC(=S)NC(=O)c4cccc(C)c4)c3)nc2c1. The van der Waals surface area contributed by atoms with E-state index < -0.39 is 0 Å². The van der Waals surface area contributed by atoms with Crippen molar-refractivity contribution in [3.05, 3.63) is 82.4 Å². The van der Waals surface area contributed by atoms with Crippen molar-refractivity contribution in [3.63, 3.8) is 0 Å². The van der Waals surface area contributed by atoms with E-state index in [2.05, 4.69) is 41.6 Å². The molecule has 5 nitrogen and oxygen atoms in total. The van der Waals surface area contributed by atoms with Gasteiger partial charge in [0.2, 0.25) is 5.89 Å². The van der Waals surface area contributed by atoms with Gasteiger partial charge in [-0.25, -0.2) is 4.98 Å². The van der Waals surface area contributed by atoms with Crippen molar-refractivity contribution in [1.29, 1.82) is 0 Å². The fourth-order valence-electron chi connectivity index (χ4n) is 3.48. The summed E-state index contributed by atoms with van der Waals surface area (Å²) < 4.78 is 5.97. The van der Waals surface area contributed by atoms with Crippen LogP contribution < -0.4 is 10.6 Å². The summed E-state index contributed by atoms with van der Waals surface area (Å²) in [6.45, 7) is 6.29. The zero-order chi connectivity index (χ0) is 23.5. The number of amides is 1. The van der Waals surface area contributed by atoms with Gasteiger partial charge < -0.3 is 9.73 Å². The molecule has 4 aromatic rings. The van der Waals surface area contributed by atoms with E-state index in [0.717, 1.165) is 28.6 Å². The maximum atomic E-state index is 12.5. The summed E-state index contributed by atoms with van der Waals surface area (Å²) in [6, 6.07) is 18.8. The summed E-state index contributed by atoms with van der Waals surface area (Å²) >= 11 is 11.7. The summed E-state index contributed by atoms with van der Waals surface area (Å²) in [6.07, 6.45) is 1.06. The predicted molar refractivity (Wildman–Crippen MR) is 138 cm³/mol. The van der Waals surface area contributed by atoms with Gasteiger partial charge in [0.1, 0.15) is 5.52 Å². The maximum Gasteiger partial charge on any atom is 0.257 e. The number of hydrogen-bond donors (Lipinski definition) is 2. The van der Waals surface area contributed by atoms with Gasteiger partial charge in [-0.15, -0.1) is 0 Å². The smallest absolute Gasteiger partial charge is 0.257 e. The van der Waals surface area contributed by atoms with Crippen LogP contribution in [0.25, 0.3) is 22.6 Å². The number of halogens is 1. The Kier molecular flexibility index (Phi) is 6.77. The van der Waals surface area contributed by atoms with Crippen LogP contribution in [-0.4, -0.2) is 16.0 Å². The van der Waals surface area contributed by atoms with Crippen LogP contribution in [0.3, 0.4) is 0 Å². The van der Waals surface area contributed by atoms with Crippen LogP contribution in [0, 0.1) is 6.92 Å². The summed E-state index contributed by atoms with van der Waals surface area (Å²) in [4.78, 5) is 17.1. The molecule has 0 unspecified atom stereocenters. The van der Waals surface area contributed by atoms with Gasteiger partial charge in [0.15, 0.2) is 10.7 Å². The fraction of sp³-hybridized carbons (Fsp3) is 0.192. The number of nitrogens with zero attached hydrogens (tertiary/aromatic N) is 1. The molecule has 1 aromatic heterocycles. The quantitative estimate of drug-likeness (QED) is 0.300. The number of thiocarbonyl (C=S) groups is 1. The van der Waals surface area contributed by atoms with Crippen LogP contribution in [0.15, 0.2) is 65.1 Å². The molecular formula is C26H24ClN3O2S. The molecule has 0 saturated heterocycles. The highest BCUT2D eigenvalue weighted by Crippen LogP contribution is 2.31. The minimum absolute atomic E-state index is 0.149. The molecule has 1 heterocycles. The zero-order valence-electron chi connectivity index (χ0n) is 18.6. The highest BCUT2D eigenvalue weighted by Gasteiger charge is 2.14. The number of aryl methyl sites for hydroxylation is 1. The van der Waals surface area contributed by atoms with Gasteiger partial charge in [-0.2, -0.15) is 0 Å². The summed E-state index contributed by atoms with van der Waals surface area (Å²) in [5.74, 6) is 0.650. The number of nitrogens with one attached hydrogen (secondary N) is 2. The lowest BCUT2D eigenvalue weighted by Crippen LogP contribution is -2.34. The van der Waals surface area contributed by atoms with Gasteiger partial charge in [-0.1, -0.05) is 49.2 Å². The topological polar surface area (TPSA) is 67.2 Å². The minimum atomic E-state index is -0.292. The van der Waals surface area contributed by atoms with E-state index in [-0.39, 0.29) is 11.0 Å². The van der Waals surface area contributed by atoms with Gasteiger partial charge in [0, 0.05) is 11.1 Å². The van der Waals surface area contributed by atoms with Crippen molar-refractivity contribution in [2.75, 3.05) is 5.32 Å². The molecular weight excluding hydrogens is 454 g/mol. The Morgan fingerprint density at radius 3 is 2.73 bits per heavy atom. The van der Waals surface area contributed by atoms with E-state index in [1.165, 1.54) is 5.56 Å². The maximum absolute atomic E-state index is 12.5. The number of fused-ring (bicyclic) bond motifs is 1. The highest BCUT2D eigenvalue weighted by molar-refractivity contribution is 7.80. The van der Waals surface area contributed by atoms with E-state index in [1.807, 2.05) is 31.2 Å². The molecule has 4 rings (SSSR count). The largest absolute Gasteiger partial charge is 0.436 e. The Labute approximate surface area is 203 Å². The summed E-state index contributed by atoms with van der Waals surface area (Å²) in [5.41, 5.74) is 5.59. The van der Waals surface area contributed by atoms with E-state index in [9.17, 15) is 4.79 Å². The predicted octanol–water partition coefficient (Wildman–Crippen LogP) is 7.10. The molecule has 0 fully saturated rings. The number of benzene rings is 3. The molecule has 3 aromatic carbocycles. The Hall–Kier alpha value is -3.22. The third-order valence-electron chi connectivity index (χ3n) is 5.56. The molecule has 0 spiro atoms. The average Bonchev–Trinajstić information content (AvgIpc) is 3.23. The number of hydrogen-bond acceptors (Lipinski definition) is 4. The molecule has 0 aliphatic rings. The molecule has 168 valence electrons. The molecule has 0 saturated carbocycles. The molecule has 1 atom stereocenters. The molecule has 1 amide bonds. The van der Waals surface area contributed by atoms with Gasteiger partial charge in [-0.3, -0.25) is 10.1 Å². The molecule has 2 N–H and O–H groups in total. The Balaban J connectivity index is 1.54. The van der Waals surface area contributed by atoms with Crippen molar-refractivity contribution >= 4 is 51.6 Å². The number of anilines is 1. The van der Waals surface area contributed by atoms with E-state index in [4.69, 9.17) is 28.2 Å². The number of rotatable bonds is 5. The summed E-state index contributed by atoms with van der Waals surface area (Å²) in [7, 11) is 0. The number of carbonyl (C=O) groups is 1. The Bertz CT molecular complexity index is 1350. The summed E-state index contributed by atoms with van der Waals surface area (Å²) in [5, 5.41) is 6.29. The minimum Gasteiger partial charge on any atom is -0.436 e. The Morgan fingerprint density at radius 2 is 1.97 bits per heavy atom. The van der Waals surface area contributed by atoms with Crippen LogP contribution in [0.2, 0.25) is 5.02 Å². The molecule has 0 aliphatic carbocycles. The van der Waals surface area contributed by atoms with Gasteiger partial charge >= 0.3 is 0 Å². The number of carbonyl (C=O) groups excluding carboxylic acids is 1. The zero-order valence-corrected chi connectivity index (χ0v) is 20.2. The van der Waals surface area contributed by atoms with Gasteiger partial charge in [-0.05, 0) is 79.5 Å². The van der Waals surface area contributed by atoms with Crippen LogP contribution in [0.4, 0.5) is 5.69 Å². The first-order valence-electron chi connectivity index (χ1n) is 10.7. The van der Waals surface area contributed by atoms with E-state index in [1.54, 1.807) is 24.3 Å². The second-order valence-corrected chi connectivity index (χ2v) is 8.84. The van der Waals surface area contributed by atoms with Crippen LogP contribution in [-0.2, 0) is 0 Å². The lowest BCUT2D eigenvalue weighted by molar-refractivity contribution is 0.0977. The molecule has 0 radical (unpaired) electrons. The average molecular weight is 478 g/mol. The third kappa shape index (κ3) is 5.24. The van der Waals surface area contributed by atoms with Crippen LogP contribution in [0.5, 0.6) is 0 Å². The molecule has 0 aliphatic heterocycles. The molecule has 33 heavy (non-hydrogen) atoms. The van der Waals surface area contributed by atoms with Crippen molar-refractivity contribution < 1.29 is 9.21 Å². The first-order valence-corrected chi connectivity index (χ1v) is 11.5. The highest BCUT2D eigenvalue weighted by atomic mass is 35.5.